The van der Waals surface area contributed by atoms with Crippen molar-refractivity contribution in [3.63, 3.8) is 0 Å². The van der Waals surface area contributed by atoms with E-state index < -0.39 is 0 Å². The Bertz CT molecular complexity index is 814. The van der Waals surface area contributed by atoms with Crippen molar-refractivity contribution in [3.05, 3.63) is 41.3 Å². The van der Waals surface area contributed by atoms with Crippen molar-refractivity contribution >= 4 is 11.6 Å². The molecule has 3 heterocycles. The summed E-state index contributed by atoms with van der Waals surface area (Å²) in [6, 6.07) is 7.94. The zero-order valence-electron chi connectivity index (χ0n) is 15.2. The Hall–Kier alpha value is -2.63. The third-order valence-corrected chi connectivity index (χ3v) is 4.89. The molecule has 1 fully saturated rings. The van der Waals surface area contributed by atoms with Gasteiger partial charge in [-0.15, -0.1) is 0 Å². The van der Waals surface area contributed by atoms with Crippen LogP contribution in [0.2, 0.25) is 0 Å². The molecule has 6 heteroatoms. The summed E-state index contributed by atoms with van der Waals surface area (Å²) in [6.07, 6.45) is 2.01. The SMILES string of the molecule is Cc1cc(C(=O)N2CCC[C@@H](Nc3ccc4c(c3)OCCO4)C2)c(C)o1. The summed E-state index contributed by atoms with van der Waals surface area (Å²) < 4.78 is 16.7. The smallest absolute Gasteiger partial charge is 0.257 e. The number of hydrogen-bond acceptors (Lipinski definition) is 5. The zero-order valence-corrected chi connectivity index (χ0v) is 15.2. The number of likely N-dealkylation sites (tertiary alicyclic amines) is 1. The van der Waals surface area contributed by atoms with Crippen LogP contribution in [0.5, 0.6) is 11.5 Å². The van der Waals surface area contributed by atoms with Crippen molar-refractivity contribution in [2.75, 3.05) is 31.6 Å². The molecule has 2 aliphatic heterocycles. The Kier molecular flexibility index (Phi) is 4.49. The van der Waals surface area contributed by atoms with Crippen molar-refractivity contribution in [1.29, 1.82) is 0 Å². The Balaban J connectivity index is 1.44. The largest absolute Gasteiger partial charge is 0.486 e. The van der Waals surface area contributed by atoms with Gasteiger partial charge in [0.2, 0.25) is 0 Å². The molecule has 1 amide bonds. The third kappa shape index (κ3) is 3.36. The van der Waals surface area contributed by atoms with Crippen LogP contribution in [-0.2, 0) is 0 Å². The number of benzene rings is 1. The van der Waals surface area contributed by atoms with E-state index in [0.29, 0.717) is 31.1 Å². The number of aryl methyl sites for hydroxylation is 2. The maximum Gasteiger partial charge on any atom is 0.257 e. The molecule has 2 aromatic rings. The second-order valence-corrected chi connectivity index (χ2v) is 6.92. The number of ether oxygens (including phenoxy) is 2. The van der Waals surface area contributed by atoms with Gasteiger partial charge in [-0.25, -0.2) is 0 Å². The third-order valence-electron chi connectivity index (χ3n) is 4.89. The number of rotatable bonds is 3. The molecule has 0 radical (unpaired) electrons. The van der Waals surface area contributed by atoms with Crippen LogP contribution in [0.15, 0.2) is 28.7 Å². The van der Waals surface area contributed by atoms with E-state index in [9.17, 15) is 4.79 Å². The first-order chi connectivity index (χ1) is 12.6. The minimum absolute atomic E-state index is 0.0491. The highest BCUT2D eigenvalue weighted by molar-refractivity contribution is 5.95. The summed E-state index contributed by atoms with van der Waals surface area (Å²) in [5.41, 5.74) is 1.66. The summed E-state index contributed by atoms with van der Waals surface area (Å²) in [6.45, 7) is 6.33. The van der Waals surface area contributed by atoms with Gasteiger partial charge in [0.15, 0.2) is 11.5 Å². The fraction of sp³-hybridized carbons (Fsp3) is 0.450. The number of carbonyl (C=O) groups excluding carboxylic acids is 1. The average Bonchev–Trinajstić information content (AvgIpc) is 2.99. The van der Waals surface area contributed by atoms with Crippen LogP contribution in [0.4, 0.5) is 5.69 Å². The molecule has 26 heavy (non-hydrogen) atoms. The number of hydrogen-bond donors (Lipinski definition) is 1. The lowest BCUT2D eigenvalue weighted by Gasteiger charge is -2.34. The first-order valence-corrected chi connectivity index (χ1v) is 9.12. The maximum atomic E-state index is 12.8. The molecule has 0 saturated carbocycles. The number of piperidine rings is 1. The molecule has 138 valence electrons. The molecule has 1 saturated heterocycles. The number of furan rings is 1. The average molecular weight is 356 g/mol. The van der Waals surface area contributed by atoms with Crippen molar-refractivity contribution in [2.45, 2.75) is 32.7 Å². The quantitative estimate of drug-likeness (QED) is 0.913. The summed E-state index contributed by atoms with van der Waals surface area (Å²) in [7, 11) is 0. The topological polar surface area (TPSA) is 63.9 Å². The van der Waals surface area contributed by atoms with Gasteiger partial charge in [0, 0.05) is 30.9 Å². The number of amides is 1. The Morgan fingerprint density at radius 2 is 1.96 bits per heavy atom. The highest BCUT2D eigenvalue weighted by atomic mass is 16.6. The standard InChI is InChI=1S/C20H24N2O4/c1-13-10-17(14(2)26-13)20(23)22-7-3-4-16(12-22)21-15-5-6-18-19(11-15)25-9-8-24-18/h5-6,10-11,16,21H,3-4,7-9,12H2,1-2H3/t16-/m1/s1. The molecule has 2 aliphatic rings. The molecule has 0 bridgehead atoms. The van der Waals surface area contributed by atoms with Crippen molar-refractivity contribution in [2.24, 2.45) is 0 Å². The van der Waals surface area contributed by atoms with Gasteiger partial charge < -0.3 is 24.1 Å². The summed E-state index contributed by atoms with van der Waals surface area (Å²) in [5.74, 6) is 3.07. The van der Waals surface area contributed by atoms with Crippen molar-refractivity contribution in [1.82, 2.24) is 4.90 Å². The van der Waals surface area contributed by atoms with Gasteiger partial charge in [0.1, 0.15) is 24.7 Å². The van der Waals surface area contributed by atoms with Crippen LogP contribution in [0.1, 0.15) is 34.7 Å². The number of nitrogens with zero attached hydrogens (tertiary/aromatic N) is 1. The van der Waals surface area contributed by atoms with E-state index in [2.05, 4.69) is 5.32 Å². The Morgan fingerprint density at radius 1 is 1.15 bits per heavy atom. The van der Waals surface area contributed by atoms with E-state index in [-0.39, 0.29) is 11.9 Å². The monoisotopic (exact) mass is 356 g/mol. The highest BCUT2D eigenvalue weighted by Gasteiger charge is 2.27. The van der Waals surface area contributed by atoms with Gasteiger partial charge >= 0.3 is 0 Å². The fourth-order valence-corrected chi connectivity index (χ4v) is 3.66. The number of nitrogens with one attached hydrogen (secondary N) is 1. The second kappa shape index (κ2) is 6.94. The van der Waals surface area contributed by atoms with E-state index in [1.165, 1.54) is 0 Å². The van der Waals surface area contributed by atoms with E-state index >= 15 is 0 Å². The van der Waals surface area contributed by atoms with Crippen molar-refractivity contribution in [3.8, 4) is 11.5 Å². The lowest BCUT2D eigenvalue weighted by molar-refractivity contribution is 0.0713. The van der Waals surface area contributed by atoms with Gasteiger partial charge in [-0.05, 0) is 44.9 Å². The van der Waals surface area contributed by atoms with Gasteiger partial charge in [-0.2, -0.15) is 0 Å². The summed E-state index contributed by atoms with van der Waals surface area (Å²) in [4.78, 5) is 14.7. The normalized spacial score (nSPS) is 19.3. The van der Waals surface area contributed by atoms with Gasteiger partial charge in [0.25, 0.3) is 5.91 Å². The predicted octanol–water partition coefficient (Wildman–Crippen LogP) is 3.38. The number of anilines is 1. The molecule has 0 unspecified atom stereocenters. The van der Waals surface area contributed by atoms with Gasteiger partial charge in [0.05, 0.1) is 5.56 Å². The molecular weight excluding hydrogens is 332 g/mol. The molecule has 1 N–H and O–H groups in total. The van der Waals surface area contributed by atoms with Gasteiger partial charge in [-0.1, -0.05) is 0 Å². The first kappa shape index (κ1) is 16.8. The predicted molar refractivity (Wildman–Crippen MR) is 98.2 cm³/mol. The fourth-order valence-electron chi connectivity index (χ4n) is 3.66. The van der Waals surface area contributed by atoms with Crippen LogP contribution in [-0.4, -0.2) is 43.2 Å². The molecule has 0 spiro atoms. The number of fused-ring (bicyclic) bond motifs is 1. The van der Waals surface area contributed by atoms with Crippen LogP contribution in [0.3, 0.4) is 0 Å². The molecule has 1 atom stereocenters. The highest BCUT2D eigenvalue weighted by Crippen LogP contribution is 2.33. The van der Waals surface area contributed by atoms with E-state index in [1.54, 1.807) is 0 Å². The number of carbonyl (C=O) groups is 1. The van der Waals surface area contributed by atoms with Crippen LogP contribution >= 0.6 is 0 Å². The maximum absolute atomic E-state index is 12.8. The zero-order chi connectivity index (χ0) is 18.1. The lowest BCUT2D eigenvalue weighted by atomic mass is 10.0. The molecule has 4 rings (SSSR count). The lowest BCUT2D eigenvalue weighted by Crippen LogP contribution is -2.45. The molecule has 1 aromatic carbocycles. The minimum atomic E-state index is 0.0491. The molecule has 6 nitrogen and oxygen atoms in total. The van der Waals surface area contributed by atoms with Gasteiger partial charge in [-0.3, -0.25) is 4.79 Å². The Morgan fingerprint density at radius 3 is 2.73 bits per heavy atom. The second-order valence-electron chi connectivity index (χ2n) is 6.92. The first-order valence-electron chi connectivity index (χ1n) is 9.12. The van der Waals surface area contributed by atoms with E-state index in [1.807, 2.05) is 43.0 Å². The van der Waals surface area contributed by atoms with Crippen LogP contribution in [0, 0.1) is 13.8 Å². The summed E-state index contributed by atoms with van der Waals surface area (Å²) >= 11 is 0. The summed E-state index contributed by atoms with van der Waals surface area (Å²) in [5, 5.41) is 3.53. The van der Waals surface area contributed by atoms with Crippen LogP contribution in [0.25, 0.3) is 0 Å². The van der Waals surface area contributed by atoms with Crippen LogP contribution < -0.4 is 14.8 Å². The molecule has 0 aliphatic carbocycles. The van der Waals surface area contributed by atoms with E-state index in [4.69, 9.17) is 13.9 Å². The molecular formula is C20H24N2O4. The minimum Gasteiger partial charge on any atom is -0.486 e. The Labute approximate surface area is 153 Å². The molecule has 1 aromatic heterocycles. The van der Waals surface area contributed by atoms with Crippen molar-refractivity contribution < 1.29 is 18.7 Å². The van der Waals surface area contributed by atoms with E-state index in [0.717, 1.165) is 42.3 Å².